The summed E-state index contributed by atoms with van der Waals surface area (Å²) in [6.45, 7) is 10.4. The van der Waals surface area contributed by atoms with Gasteiger partial charge in [-0.05, 0) is 56.1 Å². The molecule has 1 atom stereocenters. The Hall–Kier alpha value is -2.08. The first-order valence-electron chi connectivity index (χ1n) is 9.46. The molecule has 0 aromatic carbocycles. The fourth-order valence-electron chi connectivity index (χ4n) is 3.92. The Morgan fingerprint density at radius 1 is 1.37 bits per heavy atom. The van der Waals surface area contributed by atoms with Crippen LogP contribution in [0.2, 0.25) is 0 Å². The molecule has 0 bridgehead atoms. The van der Waals surface area contributed by atoms with Gasteiger partial charge in [0.15, 0.2) is 0 Å². The van der Waals surface area contributed by atoms with Gasteiger partial charge in [0, 0.05) is 4.88 Å². The molecular formula is C21H28N2O3S. The van der Waals surface area contributed by atoms with Crippen LogP contribution in [-0.4, -0.2) is 11.8 Å². The van der Waals surface area contributed by atoms with Crippen molar-refractivity contribution >= 4 is 28.2 Å². The molecule has 1 aliphatic rings. The van der Waals surface area contributed by atoms with Crippen LogP contribution in [0, 0.1) is 25.2 Å². The van der Waals surface area contributed by atoms with Gasteiger partial charge in [0.2, 0.25) is 0 Å². The molecule has 2 heterocycles. The van der Waals surface area contributed by atoms with Crippen molar-refractivity contribution in [1.82, 2.24) is 0 Å². The summed E-state index contributed by atoms with van der Waals surface area (Å²) < 4.78 is 5.45. The fourth-order valence-corrected chi connectivity index (χ4v) is 5.24. The summed E-state index contributed by atoms with van der Waals surface area (Å²) in [5, 5.41) is 3.47. The van der Waals surface area contributed by atoms with E-state index in [-0.39, 0.29) is 11.3 Å². The highest BCUT2D eigenvalue weighted by Crippen LogP contribution is 2.45. The van der Waals surface area contributed by atoms with Crippen LogP contribution in [0.4, 0.5) is 5.00 Å². The van der Waals surface area contributed by atoms with Gasteiger partial charge in [-0.1, -0.05) is 27.2 Å². The van der Waals surface area contributed by atoms with E-state index in [9.17, 15) is 9.59 Å². The van der Waals surface area contributed by atoms with Crippen LogP contribution in [0.1, 0.15) is 76.3 Å². The monoisotopic (exact) mass is 388 g/mol. The molecule has 0 radical (unpaired) electrons. The number of rotatable bonds is 5. The summed E-state index contributed by atoms with van der Waals surface area (Å²) in [5.41, 5.74) is 7.91. The molecule has 0 aliphatic heterocycles. The average Bonchev–Trinajstić information content (AvgIpc) is 3.12. The Balaban J connectivity index is 1.92. The smallest absolute Gasteiger partial charge is 0.259 e. The SMILES string of the molecule is CCC(C)(C)[C@H]1CCc2c(sc(NC(=O)c3cc(C)oc3C)c2C(N)=O)C1. The van der Waals surface area contributed by atoms with E-state index in [2.05, 4.69) is 26.1 Å². The van der Waals surface area contributed by atoms with Gasteiger partial charge in [-0.25, -0.2) is 0 Å². The van der Waals surface area contributed by atoms with E-state index in [1.54, 1.807) is 19.9 Å². The Morgan fingerprint density at radius 3 is 2.63 bits per heavy atom. The van der Waals surface area contributed by atoms with Crippen LogP contribution in [0.25, 0.3) is 0 Å². The van der Waals surface area contributed by atoms with Crippen LogP contribution in [0.3, 0.4) is 0 Å². The van der Waals surface area contributed by atoms with Gasteiger partial charge in [-0.15, -0.1) is 11.3 Å². The second-order valence-electron chi connectivity index (χ2n) is 8.14. The van der Waals surface area contributed by atoms with Crippen molar-refractivity contribution in [2.75, 3.05) is 5.32 Å². The summed E-state index contributed by atoms with van der Waals surface area (Å²) >= 11 is 1.49. The molecule has 5 nitrogen and oxygen atoms in total. The maximum Gasteiger partial charge on any atom is 0.259 e. The van der Waals surface area contributed by atoms with E-state index >= 15 is 0 Å². The Bertz CT molecular complexity index is 892. The molecule has 2 amide bonds. The number of fused-ring (bicyclic) bond motifs is 1. The summed E-state index contributed by atoms with van der Waals surface area (Å²) in [7, 11) is 0. The number of nitrogens with two attached hydrogens (primary N) is 1. The van der Waals surface area contributed by atoms with Crippen molar-refractivity contribution in [3.8, 4) is 0 Å². The second-order valence-corrected chi connectivity index (χ2v) is 9.24. The highest BCUT2D eigenvalue weighted by molar-refractivity contribution is 7.17. The van der Waals surface area contributed by atoms with Gasteiger partial charge < -0.3 is 15.5 Å². The van der Waals surface area contributed by atoms with E-state index in [0.29, 0.717) is 33.6 Å². The van der Waals surface area contributed by atoms with Crippen LogP contribution in [0.15, 0.2) is 10.5 Å². The lowest BCUT2D eigenvalue weighted by Crippen LogP contribution is -2.29. The maximum absolute atomic E-state index is 12.7. The number of hydrogen-bond acceptors (Lipinski definition) is 4. The van der Waals surface area contributed by atoms with Crippen LogP contribution < -0.4 is 11.1 Å². The van der Waals surface area contributed by atoms with E-state index in [1.165, 1.54) is 16.2 Å². The number of amides is 2. The lowest BCUT2D eigenvalue weighted by atomic mass is 9.69. The summed E-state index contributed by atoms with van der Waals surface area (Å²) in [4.78, 5) is 26.0. The Kier molecular flexibility index (Phi) is 5.21. The van der Waals surface area contributed by atoms with E-state index in [4.69, 9.17) is 10.2 Å². The van der Waals surface area contributed by atoms with Gasteiger partial charge in [-0.2, -0.15) is 0 Å². The first-order chi connectivity index (χ1) is 12.6. The standard InChI is InChI=1S/C21H28N2O3S/c1-6-21(4,5)13-7-8-14-16(10-13)27-20(17(14)18(22)24)23-19(25)15-9-11(2)26-12(15)3/h9,13H,6-8,10H2,1-5H3,(H2,22,24)(H,23,25)/t13-/m0/s1. The highest BCUT2D eigenvalue weighted by Gasteiger charge is 2.35. The number of thiophene rings is 1. The zero-order chi connectivity index (χ0) is 19.9. The number of nitrogens with one attached hydrogen (secondary N) is 1. The van der Waals surface area contributed by atoms with Gasteiger partial charge in [0.05, 0.1) is 11.1 Å². The number of hydrogen-bond donors (Lipinski definition) is 2. The van der Waals surface area contributed by atoms with E-state index in [0.717, 1.165) is 31.2 Å². The van der Waals surface area contributed by atoms with Crippen molar-refractivity contribution in [3.63, 3.8) is 0 Å². The molecule has 0 unspecified atom stereocenters. The molecule has 1 aliphatic carbocycles. The lowest BCUT2D eigenvalue weighted by Gasteiger charge is -2.36. The largest absolute Gasteiger partial charge is 0.466 e. The van der Waals surface area contributed by atoms with Crippen molar-refractivity contribution in [2.45, 2.75) is 60.3 Å². The average molecular weight is 389 g/mol. The minimum atomic E-state index is -0.476. The van der Waals surface area contributed by atoms with Crippen LogP contribution in [0.5, 0.6) is 0 Å². The fraction of sp³-hybridized carbons (Fsp3) is 0.524. The van der Waals surface area contributed by atoms with Crippen LogP contribution in [-0.2, 0) is 12.8 Å². The van der Waals surface area contributed by atoms with Crippen molar-refractivity contribution in [1.29, 1.82) is 0 Å². The van der Waals surface area contributed by atoms with Gasteiger partial charge in [0.1, 0.15) is 16.5 Å². The summed E-state index contributed by atoms with van der Waals surface area (Å²) in [6.07, 6.45) is 3.92. The minimum Gasteiger partial charge on any atom is -0.466 e. The molecule has 3 N–H and O–H groups in total. The van der Waals surface area contributed by atoms with Crippen molar-refractivity contribution in [2.24, 2.45) is 17.1 Å². The molecule has 3 rings (SSSR count). The quantitative estimate of drug-likeness (QED) is 0.768. The second kappa shape index (κ2) is 7.15. The molecule has 0 saturated carbocycles. The topological polar surface area (TPSA) is 85.3 Å². The van der Waals surface area contributed by atoms with E-state index in [1.807, 2.05) is 0 Å². The molecule has 27 heavy (non-hydrogen) atoms. The third-order valence-corrected chi connectivity index (χ3v) is 7.21. The molecule has 0 saturated heterocycles. The van der Waals surface area contributed by atoms with E-state index < -0.39 is 5.91 Å². The third-order valence-electron chi connectivity index (χ3n) is 6.04. The first kappa shape index (κ1) is 19.7. The maximum atomic E-state index is 12.7. The number of anilines is 1. The zero-order valence-electron chi connectivity index (χ0n) is 16.7. The first-order valence-corrected chi connectivity index (χ1v) is 10.3. The van der Waals surface area contributed by atoms with Gasteiger partial charge in [0.25, 0.3) is 11.8 Å². The lowest BCUT2D eigenvalue weighted by molar-refractivity contribution is 0.0999. The molecule has 2 aromatic rings. The van der Waals surface area contributed by atoms with Crippen molar-refractivity contribution in [3.05, 3.63) is 39.2 Å². The number of furan rings is 1. The Labute approximate surface area is 164 Å². The summed E-state index contributed by atoms with van der Waals surface area (Å²) in [5.74, 6) is 1.07. The predicted octanol–water partition coefficient (Wildman–Crippen LogP) is 4.85. The van der Waals surface area contributed by atoms with Crippen molar-refractivity contribution < 1.29 is 14.0 Å². The highest BCUT2D eigenvalue weighted by atomic mass is 32.1. The summed E-state index contributed by atoms with van der Waals surface area (Å²) in [6, 6.07) is 1.71. The molecule has 0 fully saturated rings. The third kappa shape index (κ3) is 3.68. The molecule has 6 heteroatoms. The number of carbonyl (C=O) groups is 2. The zero-order valence-corrected chi connectivity index (χ0v) is 17.5. The number of carbonyl (C=O) groups excluding carboxylic acids is 2. The molecular weight excluding hydrogens is 360 g/mol. The minimum absolute atomic E-state index is 0.253. The van der Waals surface area contributed by atoms with Gasteiger partial charge >= 0.3 is 0 Å². The van der Waals surface area contributed by atoms with Gasteiger partial charge in [-0.3, -0.25) is 9.59 Å². The molecule has 146 valence electrons. The molecule has 2 aromatic heterocycles. The van der Waals surface area contributed by atoms with Crippen LogP contribution >= 0.6 is 11.3 Å². The number of aryl methyl sites for hydroxylation is 2. The number of primary amides is 1. The normalized spacial score (nSPS) is 16.9. The Morgan fingerprint density at radius 2 is 2.07 bits per heavy atom. The molecule has 0 spiro atoms. The predicted molar refractivity (Wildman–Crippen MR) is 109 cm³/mol.